The lowest BCUT2D eigenvalue weighted by atomic mass is 9.95. The number of amides is 1. The predicted molar refractivity (Wildman–Crippen MR) is 114 cm³/mol. The van der Waals surface area contributed by atoms with Crippen molar-refractivity contribution in [3.63, 3.8) is 0 Å². The van der Waals surface area contributed by atoms with Crippen molar-refractivity contribution in [1.29, 1.82) is 0 Å². The van der Waals surface area contributed by atoms with E-state index >= 15 is 0 Å². The fraction of sp³-hybridized carbons (Fsp3) is 0.696. The monoisotopic (exact) mass is 387 g/mol. The molecule has 5 nitrogen and oxygen atoms in total. The Morgan fingerprint density at radius 1 is 1.11 bits per heavy atom. The molecule has 0 radical (unpaired) electrons. The van der Waals surface area contributed by atoms with Crippen LogP contribution in [0.25, 0.3) is 0 Å². The lowest BCUT2D eigenvalue weighted by Gasteiger charge is -2.37. The van der Waals surface area contributed by atoms with E-state index in [1.807, 2.05) is 24.1 Å². The number of carbonyl (C=O) groups is 1. The van der Waals surface area contributed by atoms with Gasteiger partial charge in [0, 0.05) is 20.1 Å². The van der Waals surface area contributed by atoms with Crippen LogP contribution in [0.15, 0.2) is 24.3 Å². The fourth-order valence-electron chi connectivity index (χ4n) is 4.59. The summed E-state index contributed by atoms with van der Waals surface area (Å²) in [6.45, 7) is 5.37. The highest BCUT2D eigenvalue weighted by atomic mass is 16.5. The van der Waals surface area contributed by atoms with E-state index in [1.54, 1.807) is 7.11 Å². The molecule has 0 bridgehead atoms. The molecule has 5 heteroatoms. The summed E-state index contributed by atoms with van der Waals surface area (Å²) in [6, 6.07) is 8.50. The van der Waals surface area contributed by atoms with Gasteiger partial charge in [0.1, 0.15) is 5.75 Å². The Balaban J connectivity index is 1.38. The molecule has 0 aliphatic carbocycles. The summed E-state index contributed by atoms with van der Waals surface area (Å²) in [5, 5.41) is 0. The average Bonchev–Trinajstić information content (AvgIpc) is 2.73. The SMILES string of the molecule is COc1ccc(CCN2CCC(CN(C)C(=O)[C@H]3CCCCN3C)CC2)cc1. The van der Waals surface area contributed by atoms with Crippen molar-refractivity contribution < 1.29 is 9.53 Å². The van der Waals surface area contributed by atoms with Gasteiger partial charge in [-0.1, -0.05) is 18.6 Å². The topological polar surface area (TPSA) is 36.0 Å². The molecule has 2 fully saturated rings. The van der Waals surface area contributed by atoms with Gasteiger partial charge in [0.2, 0.25) is 5.91 Å². The Labute approximate surface area is 170 Å². The molecule has 0 aromatic heterocycles. The van der Waals surface area contributed by atoms with Crippen molar-refractivity contribution in [1.82, 2.24) is 14.7 Å². The van der Waals surface area contributed by atoms with E-state index in [2.05, 4.69) is 29.0 Å². The standard InChI is InChI=1S/C23H37N3O2/c1-24-14-5-4-6-22(24)23(27)25(2)18-20-12-16-26(17-13-20)15-11-19-7-9-21(28-3)10-8-19/h7-10,20,22H,4-6,11-18H2,1-3H3/t22-/m1/s1. The Bertz CT molecular complexity index is 611. The summed E-state index contributed by atoms with van der Waals surface area (Å²) >= 11 is 0. The zero-order valence-corrected chi connectivity index (χ0v) is 17.9. The van der Waals surface area contributed by atoms with Crippen LogP contribution in [0.4, 0.5) is 0 Å². The number of hydrogen-bond donors (Lipinski definition) is 0. The summed E-state index contributed by atoms with van der Waals surface area (Å²) in [5.74, 6) is 1.88. The van der Waals surface area contributed by atoms with E-state index in [1.165, 1.54) is 31.2 Å². The minimum Gasteiger partial charge on any atom is -0.497 e. The zero-order valence-electron chi connectivity index (χ0n) is 17.9. The lowest BCUT2D eigenvalue weighted by Crippen LogP contribution is -2.49. The van der Waals surface area contributed by atoms with Gasteiger partial charge in [-0.3, -0.25) is 9.69 Å². The molecular formula is C23H37N3O2. The van der Waals surface area contributed by atoms with Crippen LogP contribution in [0.2, 0.25) is 0 Å². The summed E-state index contributed by atoms with van der Waals surface area (Å²) < 4.78 is 5.23. The second kappa shape index (κ2) is 10.3. The van der Waals surface area contributed by atoms with Gasteiger partial charge in [-0.25, -0.2) is 0 Å². The number of likely N-dealkylation sites (N-methyl/N-ethyl adjacent to an activating group) is 2. The molecule has 1 amide bonds. The van der Waals surface area contributed by atoms with Crippen LogP contribution in [-0.2, 0) is 11.2 Å². The summed E-state index contributed by atoms with van der Waals surface area (Å²) in [7, 11) is 5.80. The molecule has 2 aliphatic rings. The Morgan fingerprint density at radius 3 is 2.46 bits per heavy atom. The molecule has 0 N–H and O–H groups in total. The smallest absolute Gasteiger partial charge is 0.239 e. The number of methoxy groups -OCH3 is 1. The number of rotatable bonds is 7. The molecule has 2 saturated heterocycles. The summed E-state index contributed by atoms with van der Waals surface area (Å²) in [6.07, 6.45) is 6.90. The van der Waals surface area contributed by atoms with Crippen LogP contribution in [0.5, 0.6) is 5.75 Å². The minimum atomic E-state index is 0.100. The van der Waals surface area contributed by atoms with Crippen molar-refractivity contribution in [2.45, 2.75) is 44.6 Å². The summed E-state index contributed by atoms with van der Waals surface area (Å²) in [5.41, 5.74) is 1.37. The van der Waals surface area contributed by atoms with Gasteiger partial charge in [-0.05, 0) is 82.4 Å². The van der Waals surface area contributed by atoms with Gasteiger partial charge in [0.05, 0.1) is 13.2 Å². The molecule has 28 heavy (non-hydrogen) atoms. The van der Waals surface area contributed by atoms with Crippen LogP contribution in [-0.4, -0.2) is 80.6 Å². The van der Waals surface area contributed by atoms with E-state index in [0.717, 1.165) is 51.3 Å². The predicted octanol–water partition coefficient (Wildman–Crippen LogP) is 2.89. The molecule has 3 rings (SSSR count). The van der Waals surface area contributed by atoms with Crippen molar-refractivity contribution in [3.8, 4) is 5.75 Å². The molecule has 1 atom stereocenters. The Hall–Kier alpha value is -1.59. The van der Waals surface area contributed by atoms with Gasteiger partial charge < -0.3 is 14.5 Å². The van der Waals surface area contributed by atoms with Crippen molar-refractivity contribution >= 4 is 5.91 Å². The van der Waals surface area contributed by atoms with E-state index in [9.17, 15) is 4.79 Å². The van der Waals surface area contributed by atoms with E-state index < -0.39 is 0 Å². The average molecular weight is 388 g/mol. The molecule has 2 heterocycles. The lowest BCUT2D eigenvalue weighted by molar-refractivity contribution is -0.137. The van der Waals surface area contributed by atoms with E-state index in [0.29, 0.717) is 11.8 Å². The first kappa shape index (κ1) is 21.1. The maximum Gasteiger partial charge on any atom is 0.239 e. The highest BCUT2D eigenvalue weighted by molar-refractivity contribution is 5.81. The molecule has 0 spiro atoms. The van der Waals surface area contributed by atoms with Crippen molar-refractivity contribution in [3.05, 3.63) is 29.8 Å². The van der Waals surface area contributed by atoms with Crippen molar-refractivity contribution in [2.24, 2.45) is 5.92 Å². The third-order valence-electron chi connectivity index (χ3n) is 6.55. The van der Waals surface area contributed by atoms with Crippen molar-refractivity contribution in [2.75, 3.05) is 53.9 Å². The van der Waals surface area contributed by atoms with E-state index in [-0.39, 0.29) is 6.04 Å². The van der Waals surface area contributed by atoms with Crippen LogP contribution in [0, 0.1) is 5.92 Å². The second-order valence-corrected chi connectivity index (χ2v) is 8.59. The quantitative estimate of drug-likeness (QED) is 0.721. The fourth-order valence-corrected chi connectivity index (χ4v) is 4.59. The molecular weight excluding hydrogens is 350 g/mol. The largest absolute Gasteiger partial charge is 0.497 e. The molecule has 0 saturated carbocycles. The third-order valence-corrected chi connectivity index (χ3v) is 6.55. The van der Waals surface area contributed by atoms with E-state index in [4.69, 9.17) is 4.74 Å². The van der Waals surface area contributed by atoms with Gasteiger partial charge in [-0.15, -0.1) is 0 Å². The Kier molecular flexibility index (Phi) is 7.74. The number of carbonyl (C=O) groups excluding carboxylic acids is 1. The highest BCUT2D eigenvalue weighted by Crippen LogP contribution is 2.21. The second-order valence-electron chi connectivity index (χ2n) is 8.59. The maximum absolute atomic E-state index is 12.8. The molecule has 2 aliphatic heterocycles. The number of benzene rings is 1. The van der Waals surface area contributed by atoms with Gasteiger partial charge in [-0.2, -0.15) is 0 Å². The van der Waals surface area contributed by atoms with Crippen LogP contribution < -0.4 is 4.74 Å². The normalized spacial score (nSPS) is 22.2. The molecule has 156 valence electrons. The van der Waals surface area contributed by atoms with Crippen LogP contribution in [0.3, 0.4) is 0 Å². The van der Waals surface area contributed by atoms with Gasteiger partial charge in [0.25, 0.3) is 0 Å². The van der Waals surface area contributed by atoms with Crippen LogP contribution >= 0.6 is 0 Å². The first-order chi connectivity index (χ1) is 13.6. The molecule has 1 aromatic carbocycles. The van der Waals surface area contributed by atoms with Crippen LogP contribution in [0.1, 0.15) is 37.7 Å². The number of nitrogens with zero attached hydrogens (tertiary/aromatic N) is 3. The van der Waals surface area contributed by atoms with Gasteiger partial charge in [0.15, 0.2) is 0 Å². The highest BCUT2D eigenvalue weighted by Gasteiger charge is 2.30. The molecule has 1 aromatic rings. The minimum absolute atomic E-state index is 0.100. The number of piperidine rings is 2. The summed E-state index contributed by atoms with van der Waals surface area (Å²) in [4.78, 5) is 19.6. The number of hydrogen-bond acceptors (Lipinski definition) is 4. The van der Waals surface area contributed by atoms with Gasteiger partial charge >= 0.3 is 0 Å². The Morgan fingerprint density at radius 2 is 1.82 bits per heavy atom. The first-order valence-corrected chi connectivity index (χ1v) is 10.9. The number of likely N-dealkylation sites (tertiary alicyclic amines) is 2. The maximum atomic E-state index is 12.8. The zero-order chi connectivity index (χ0) is 19.9. The number of ether oxygens (including phenoxy) is 1. The molecule has 0 unspecified atom stereocenters. The third kappa shape index (κ3) is 5.71. The first-order valence-electron chi connectivity index (χ1n) is 10.9.